The molecule has 0 bridgehead atoms. The monoisotopic (exact) mass is 206 g/mol. The van der Waals surface area contributed by atoms with Crippen LogP contribution in [0.3, 0.4) is 0 Å². The molecule has 0 saturated heterocycles. The number of aryl methyl sites for hydroxylation is 1. The fraction of sp³-hybridized carbons (Fsp3) is 0.462. The lowest BCUT2D eigenvalue weighted by Crippen LogP contribution is -1.97. The van der Waals surface area contributed by atoms with Crippen molar-refractivity contribution in [2.45, 2.75) is 32.6 Å². The predicted molar refractivity (Wildman–Crippen MR) is 61.5 cm³/mol. The molecular weight excluding hydrogens is 188 g/mol. The first-order valence-electron chi connectivity index (χ1n) is 5.33. The van der Waals surface area contributed by atoms with Crippen LogP contribution in [-0.4, -0.2) is 13.4 Å². The van der Waals surface area contributed by atoms with Gasteiger partial charge in [-0.15, -0.1) is 0 Å². The van der Waals surface area contributed by atoms with Gasteiger partial charge in [-0.3, -0.25) is 0 Å². The highest BCUT2D eigenvalue weighted by atomic mass is 16.5. The minimum atomic E-state index is 0.290. The highest BCUT2D eigenvalue weighted by molar-refractivity contribution is 5.52. The lowest BCUT2D eigenvalue weighted by molar-refractivity contribution is -0.108. The zero-order chi connectivity index (χ0) is 11.3. The zero-order valence-corrected chi connectivity index (χ0v) is 9.62. The van der Waals surface area contributed by atoms with Gasteiger partial charge in [-0.25, -0.2) is 0 Å². The number of carbonyl (C=O) groups excluding carboxylic acids is 1. The van der Waals surface area contributed by atoms with Crippen molar-refractivity contribution in [3.8, 4) is 5.75 Å². The molecule has 0 N–H and O–H groups in total. The molecule has 0 aliphatic heterocycles. The van der Waals surface area contributed by atoms with Crippen molar-refractivity contribution >= 4 is 6.29 Å². The molecule has 0 amide bonds. The Bertz CT molecular complexity index is 331. The molecule has 1 aromatic carbocycles. The smallest absolute Gasteiger partial charge is 0.122 e. The minimum absolute atomic E-state index is 0.290. The number of benzene rings is 1. The van der Waals surface area contributed by atoms with Crippen molar-refractivity contribution < 1.29 is 9.53 Å². The summed E-state index contributed by atoms with van der Waals surface area (Å²) in [6.45, 7) is 4.17. The second kappa shape index (κ2) is 5.54. The molecule has 0 saturated carbocycles. The van der Waals surface area contributed by atoms with Crippen LogP contribution < -0.4 is 4.74 Å². The van der Waals surface area contributed by atoms with E-state index in [1.807, 2.05) is 12.1 Å². The maximum atomic E-state index is 10.4. The van der Waals surface area contributed by atoms with Gasteiger partial charge in [0.25, 0.3) is 0 Å². The molecule has 1 unspecified atom stereocenters. The van der Waals surface area contributed by atoms with E-state index in [2.05, 4.69) is 19.9 Å². The van der Waals surface area contributed by atoms with E-state index in [0.717, 1.165) is 18.5 Å². The molecule has 0 radical (unpaired) electrons. The molecule has 0 fully saturated rings. The topological polar surface area (TPSA) is 26.3 Å². The molecule has 1 aromatic rings. The second-order valence-electron chi connectivity index (χ2n) is 3.73. The Morgan fingerprint density at radius 1 is 1.47 bits per heavy atom. The van der Waals surface area contributed by atoms with Crippen molar-refractivity contribution in [3.63, 3.8) is 0 Å². The summed E-state index contributed by atoms with van der Waals surface area (Å²) >= 11 is 0. The first-order valence-corrected chi connectivity index (χ1v) is 5.33. The van der Waals surface area contributed by atoms with Crippen molar-refractivity contribution in [1.82, 2.24) is 0 Å². The summed E-state index contributed by atoms with van der Waals surface area (Å²) in [5.74, 6) is 1.22. The first-order chi connectivity index (χ1) is 7.22. The van der Waals surface area contributed by atoms with E-state index in [1.165, 1.54) is 11.1 Å². The number of methoxy groups -OCH3 is 1. The van der Waals surface area contributed by atoms with Gasteiger partial charge in [0, 0.05) is 6.42 Å². The predicted octanol–water partition coefficient (Wildman–Crippen LogP) is 2.95. The normalized spacial score (nSPS) is 12.2. The van der Waals surface area contributed by atoms with E-state index in [-0.39, 0.29) is 0 Å². The number of ether oxygens (including phenoxy) is 1. The lowest BCUT2D eigenvalue weighted by atomic mass is 9.95. The SMILES string of the molecule is CCc1cc(C(C)CC=O)ccc1OC. The summed E-state index contributed by atoms with van der Waals surface area (Å²) in [6, 6.07) is 6.15. The van der Waals surface area contributed by atoms with Gasteiger partial charge >= 0.3 is 0 Å². The summed E-state index contributed by atoms with van der Waals surface area (Å²) in [5, 5.41) is 0. The molecule has 2 nitrogen and oxygen atoms in total. The molecule has 15 heavy (non-hydrogen) atoms. The fourth-order valence-corrected chi connectivity index (χ4v) is 1.66. The van der Waals surface area contributed by atoms with Crippen LogP contribution in [0, 0.1) is 0 Å². The third kappa shape index (κ3) is 2.82. The van der Waals surface area contributed by atoms with E-state index in [1.54, 1.807) is 7.11 Å². The van der Waals surface area contributed by atoms with Crippen molar-refractivity contribution in [2.75, 3.05) is 7.11 Å². The van der Waals surface area contributed by atoms with Crippen LogP contribution in [0.5, 0.6) is 5.75 Å². The van der Waals surface area contributed by atoms with Crippen LogP contribution in [0.15, 0.2) is 18.2 Å². The van der Waals surface area contributed by atoms with Crippen LogP contribution in [0.4, 0.5) is 0 Å². The summed E-state index contributed by atoms with van der Waals surface area (Å²) in [5.41, 5.74) is 2.41. The largest absolute Gasteiger partial charge is 0.496 e. The summed E-state index contributed by atoms with van der Waals surface area (Å²) in [6.07, 6.45) is 2.50. The van der Waals surface area contributed by atoms with E-state index >= 15 is 0 Å². The molecule has 2 heteroatoms. The third-order valence-electron chi connectivity index (χ3n) is 2.70. The Morgan fingerprint density at radius 2 is 2.20 bits per heavy atom. The van der Waals surface area contributed by atoms with E-state index in [0.29, 0.717) is 12.3 Å². The van der Waals surface area contributed by atoms with Gasteiger partial charge in [-0.05, 0) is 29.5 Å². The van der Waals surface area contributed by atoms with Gasteiger partial charge in [0.05, 0.1) is 7.11 Å². The molecule has 82 valence electrons. The van der Waals surface area contributed by atoms with Crippen molar-refractivity contribution in [1.29, 1.82) is 0 Å². The molecule has 1 atom stereocenters. The van der Waals surface area contributed by atoms with Gasteiger partial charge in [0.15, 0.2) is 0 Å². The van der Waals surface area contributed by atoms with Gasteiger partial charge in [-0.2, -0.15) is 0 Å². The number of hydrogen-bond acceptors (Lipinski definition) is 2. The van der Waals surface area contributed by atoms with Crippen LogP contribution >= 0.6 is 0 Å². The van der Waals surface area contributed by atoms with E-state index < -0.39 is 0 Å². The summed E-state index contributed by atoms with van der Waals surface area (Å²) in [4.78, 5) is 10.4. The number of rotatable bonds is 5. The number of aldehydes is 1. The number of hydrogen-bond donors (Lipinski definition) is 0. The van der Waals surface area contributed by atoms with Crippen LogP contribution in [0.25, 0.3) is 0 Å². The average molecular weight is 206 g/mol. The minimum Gasteiger partial charge on any atom is -0.496 e. The Balaban J connectivity index is 2.96. The molecule has 1 rings (SSSR count). The maximum Gasteiger partial charge on any atom is 0.122 e. The van der Waals surface area contributed by atoms with Crippen LogP contribution in [0.2, 0.25) is 0 Å². The van der Waals surface area contributed by atoms with Crippen molar-refractivity contribution in [3.05, 3.63) is 29.3 Å². The maximum absolute atomic E-state index is 10.4. The fourth-order valence-electron chi connectivity index (χ4n) is 1.66. The Labute approximate surface area is 91.3 Å². The van der Waals surface area contributed by atoms with Gasteiger partial charge in [0.2, 0.25) is 0 Å². The lowest BCUT2D eigenvalue weighted by Gasteiger charge is -2.12. The average Bonchev–Trinajstić information content (AvgIpc) is 2.28. The van der Waals surface area contributed by atoms with Gasteiger partial charge in [0.1, 0.15) is 12.0 Å². The Morgan fingerprint density at radius 3 is 2.73 bits per heavy atom. The van der Waals surface area contributed by atoms with Crippen LogP contribution in [0.1, 0.15) is 37.3 Å². The summed E-state index contributed by atoms with van der Waals surface area (Å²) < 4.78 is 5.26. The quantitative estimate of drug-likeness (QED) is 0.692. The van der Waals surface area contributed by atoms with E-state index in [4.69, 9.17) is 4.74 Å². The molecule has 0 spiro atoms. The van der Waals surface area contributed by atoms with E-state index in [9.17, 15) is 4.79 Å². The third-order valence-corrected chi connectivity index (χ3v) is 2.70. The number of carbonyl (C=O) groups is 1. The second-order valence-corrected chi connectivity index (χ2v) is 3.73. The summed E-state index contributed by atoms with van der Waals surface area (Å²) in [7, 11) is 1.68. The Kier molecular flexibility index (Phi) is 4.35. The molecule has 0 heterocycles. The highest BCUT2D eigenvalue weighted by Gasteiger charge is 2.08. The van der Waals surface area contributed by atoms with Gasteiger partial charge < -0.3 is 9.53 Å². The molecular formula is C13H18O2. The van der Waals surface area contributed by atoms with Gasteiger partial charge in [-0.1, -0.05) is 26.0 Å². The highest BCUT2D eigenvalue weighted by Crippen LogP contribution is 2.25. The standard InChI is InChI=1S/C13H18O2/c1-4-11-9-12(10(2)7-8-14)5-6-13(11)15-3/h5-6,8-10H,4,7H2,1-3H3. The Hall–Kier alpha value is -1.31. The first kappa shape index (κ1) is 11.8. The van der Waals surface area contributed by atoms with Crippen LogP contribution in [-0.2, 0) is 11.2 Å². The molecule has 0 aliphatic carbocycles. The zero-order valence-electron chi connectivity index (χ0n) is 9.62. The van der Waals surface area contributed by atoms with Crippen molar-refractivity contribution in [2.24, 2.45) is 0 Å². The molecule has 0 aromatic heterocycles. The molecule has 0 aliphatic rings.